The normalized spacial score (nSPS) is 17.8. The lowest BCUT2D eigenvalue weighted by Gasteiger charge is -2.28. The molecule has 2 aromatic heterocycles. The molecule has 1 saturated heterocycles. The van der Waals surface area contributed by atoms with E-state index < -0.39 is 0 Å². The third-order valence-corrected chi connectivity index (χ3v) is 6.77. The molecule has 2 aromatic carbocycles. The Balaban J connectivity index is 1.69. The van der Waals surface area contributed by atoms with Crippen LogP contribution < -0.4 is 10.2 Å². The number of nitrogens with one attached hydrogen (secondary N) is 1. The van der Waals surface area contributed by atoms with Crippen molar-refractivity contribution in [3.63, 3.8) is 0 Å². The summed E-state index contributed by atoms with van der Waals surface area (Å²) in [5.41, 5.74) is 8.81. The fourth-order valence-electron chi connectivity index (χ4n) is 5.11. The van der Waals surface area contributed by atoms with Crippen molar-refractivity contribution < 1.29 is 4.39 Å². The van der Waals surface area contributed by atoms with E-state index in [-0.39, 0.29) is 17.9 Å². The van der Waals surface area contributed by atoms with Gasteiger partial charge in [0.25, 0.3) is 0 Å². The van der Waals surface area contributed by atoms with Crippen molar-refractivity contribution in [3.05, 3.63) is 113 Å². The summed E-state index contributed by atoms with van der Waals surface area (Å²) >= 11 is 5.81. The molecular weight excluding hydrogens is 443 g/mol. The summed E-state index contributed by atoms with van der Waals surface area (Å²) in [5, 5.41) is 4.09. The highest BCUT2D eigenvalue weighted by Crippen LogP contribution is 2.43. The van der Waals surface area contributed by atoms with E-state index in [1.807, 2.05) is 18.2 Å². The van der Waals surface area contributed by atoms with Gasteiger partial charge < -0.3 is 14.8 Å². The summed E-state index contributed by atoms with van der Waals surface area (Å²) < 4.78 is 16.0. The van der Waals surface area contributed by atoms with E-state index in [1.54, 1.807) is 18.3 Å². The van der Waals surface area contributed by atoms with Crippen LogP contribution in [0.5, 0.6) is 0 Å². The fourth-order valence-corrected chi connectivity index (χ4v) is 5.46. The Hall–Kier alpha value is -3.51. The number of benzene rings is 2. The molecule has 1 aliphatic heterocycles. The van der Waals surface area contributed by atoms with Gasteiger partial charge in [0.05, 0.1) is 17.8 Å². The van der Waals surface area contributed by atoms with E-state index in [0.29, 0.717) is 5.11 Å². The molecule has 0 aliphatic carbocycles. The van der Waals surface area contributed by atoms with Crippen LogP contribution in [0.2, 0.25) is 0 Å². The van der Waals surface area contributed by atoms with Crippen molar-refractivity contribution in [1.82, 2.24) is 14.9 Å². The molecule has 5 rings (SSSR count). The zero-order valence-electron chi connectivity index (χ0n) is 19.7. The molecule has 6 heteroatoms. The second-order valence-electron chi connectivity index (χ2n) is 8.98. The Morgan fingerprint density at radius 2 is 1.59 bits per heavy atom. The summed E-state index contributed by atoms with van der Waals surface area (Å²) in [7, 11) is 0. The van der Waals surface area contributed by atoms with Crippen LogP contribution in [0, 0.1) is 33.5 Å². The van der Waals surface area contributed by atoms with Gasteiger partial charge in [0.1, 0.15) is 5.82 Å². The van der Waals surface area contributed by atoms with Crippen molar-refractivity contribution in [2.24, 2.45) is 0 Å². The Morgan fingerprint density at radius 3 is 2.24 bits per heavy atom. The molecule has 0 bridgehead atoms. The molecule has 0 saturated carbocycles. The molecule has 4 aromatic rings. The van der Waals surface area contributed by atoms with Crippen LogP contribution in [0.25, 0.3) is 5.69 Å². The molecule has 34 heavy (non-hydrogen) atoms. The SMILES string of the molecule is Cc1cc(C)cc(-n2c(C)cc(C3C(c4ccccn4)NC(=S)N3c3ccc(F)cc3)c2C)c1. The fraction of sp³-hybridized carbons (Fsp3) is 0.214. The van der Waals surface area contributed by atoms with Crippen LogP contribution in [0.15, 0.2) is 72.9 Å². The predicted octanol–water partition coefficient (Wildman–Crippen LogP) is 6.42. The molecule has 0 radical (unpaired) electrons. The van der Waals surface area contributed by atoms with Gasteiger partial charge in [0, 0.05) is 29.0 Å². The molecule has 0 amide bonds. The molecule has 1 aliphatic rings. The summed E-state index contributed by atoms with van der Waals surface area (Å²) in [5.74, 6) is -0.271. The minimum atomic E-state index is -0.271. The van der Waals surface area contributed by atoms with Crippen LogP contribution in [0.4, 0.5) is 10.1 Å². The first-order valence-corrected chi connectivity index (χ1v) is 11.8. The average Bonchev–Trinajstić information content (AvgIpc) is 3.29. The van der Waals surface area contributed by atoms with Crippen LogP contribution in [0.3, 0.4) is 0 Å². The van der Waals surface area contributed by atoms with Gasteiger partial charge in [-0.25, -0.2) is 4.39 Å². The van der Waals surface area contributed by atoms with E-state index in [2.05, 4.69) is 71.7 Å². The molecular formula is C28H27FN4S. The van der Waals surface area contributed by atoms with E-state index in [0.717, 1.165) is 34.0 Å². The largest absolute Gasteiger partial charge is 0.351 e. The zero-order chi connectivity index (χ0) is 24.0. The summed E-state index contributed by atoms with van der Waals surface area (Å²) in [6.45, 7) is 8.53. The maximum Gasteiger partial charge on any atom is 0.174 e. The van der Waals surface area contributed by atoms with Gasteiger partial charge in [-0.15, -0.1) is 0 Å². The zero-order valence-corrected chi connectivity index (χ0v) is 20.5. The summed E-state index contributed by atoms with van der Waals surface area (Å²) in [6, 6.07) is 21.0. The number of aromatic nitrogens is 2. The Labute approximate surface area is 205 Å². The quantitative estimate of drug-likeness (QED) is 0.349. The lowest BCUT2D eigenvalue weighted by molar-refractivity contribution is 0.565. The molecule has 4 nitrogen and oxygen atoms in total. The third kappa shape index (κ3) is 3.88. The molecule has 3 heterocycles. The number of aryl methyl sites for hydroxylation is 3. The number of pyridine rings is 1. The number of rotatable bonds is 4. The van der Waals surface area contributed by atoms with Gasteiger partial charge in [-0.05, 0) is 111 Å². The lowest BCUT2D eigenvalue weighted by Crippen LogP contribution is -2.29. The number of halogens is 1. The van der Waals surface area contributed by atoms with Gasteiger partial charge in [0.2, 0.25) is 0 Å². The van der Waals surface area contributed by atoms with Crippen molar-refractivity contribution >= 4 is 23.0 Å². The number of anilines is 1. The Kier molecular flexibility index (Phi) is 5.70. The summed E-state index contributed by atoms with van der Waals surface area (Å²) in [6.07, 6.45) is 1.80. The van der Waals surface area contributed by atoms with E-state index >= 15 is 0 Å². The molecule has 1 fully saturated rings. The molecule has 1 N–H and O–H groups in total. The van der Waals surface area contributed by atoms with Crippen molar-refractivity contribution in [2.75, 3.05) is 4.90 Å². The smallest absolute Gasteiger partial charge is 0.174 e. The standard InChI is InChI=1S/C28H27FN4S/c1-17-13-18(2)15-23(14-17)32-19(3)16-24(20(32)4)27-26(25-7-5-6-12-30-25)31-28(34)33(27)22-10-8-21(29)9-11-22/h5-16,26-27H,1-4H3,(H,31,34). The average molecular weight is 471 g/mol. The number of hydrogen-bond acceptors (Lipinski definition) is 2. The molecule has 0 spiro atoms. The highest BCUT2D eigenvalue weighted by molar-refractivity contribution is 7.80. The van der Waals surface area contributed by atoms with E-state index in [1.165, 1.54) is 23.3 Å². The highest BCUT2D eigenvalue weighted by atomic mass is 32.1. The number of nitrogens with zero attached hydrogens (tertiary/aromatic N) is 3. The Bertz CT molecular complexity index is 1340. The second-order valence-corrected chi connectivity index (χ2v) is 9.37. The van der Waals surface area contributed by atoms with E-state index in [9.17, 15) is 4.39 Å². The minimum Gasteiger partial charge on any atom is -0.351 e. The predicted molar refractivity (Wildman–Crippen MR) is 139 cm³/mol. The lowest BCUT2D eigenvalue weighted by atomic mass is 9.96. The first kappa shape index (κ1) is 22.3. The third-order valence-electron chi connectivity index (χ3n) is 6.46. The van der Waals surface area contributed by atoms with Gasteiger partial charge in [-0.1, -0.05) is 12.1 Å². The second kappa shape index (κ2) is 8.69. The molecule has 172 valence electrons. The van der Waals surface area contributed by atoms with Crippen molar-refractivity contribution in [2.45, 2.75) is 39.8 Å². The van der Waals surface area contributed by atoms with Gasteiger partial charge in [-0.3, -0.25) is 4.98 Å². The monoisotopic (exact) mass is 470 g/mol. The van der Waals surface area contributed by atoms with Crippen molar-refractivity contribution in [1.29, 1.82) is 0 Å². The van der Waals surface area contributed by atoms with Gasteiger partial charge in [-0.2, -0.15) is 0 Å². The van der Waals surface area contributed by atoms with Crippen molar-refractivity contribution in [3.8, 4) is 5.69 Å². The van der Waals surface area contributed by atoms with Crippen LogP contribution in [-0.4, -0.2) is 14.7 Å². The molecule has 2 unspecified atom stereocenters. The first-order chi connectivity index (χ1) is 16.3. The maximum absolute atomic E-state index is 13.7. The molecule has 2 atom stereocenters. The summed E-state index contributed by atoms with van der Waals surface area (Å²) in [4.78, 5) is 6.72. The number of thiocarbonyl (C=S) groups is 1. The van der Waals surface area contributed by atoms with Crippen LogP contribution >= 0.6 is 12.2 Å². The topological polar surface area (TPSA) is 33.1 Å². The maximum atomic E-state index is 13.7. The number of hydrogen-bond donors (Lipinski definition) is 1. The first-order valence-electron chi connectivity index (χ1n) is 11.4. The minimum absolute atomic E-state index is 0.140. The van der Waals surface area contributed by atoms with Crippen LogP contribution in [-0.2, 0) is 0 Å². The Morgan fingerprint density at radius 1 is 0.882 bits per heavy atom. The highest BCUT2D eigenvalue weighted by Gasteiger charge is 2.42. The van der Waals surface area contributed by atoms with Gasteiger partial charge in [0.15, 0.2) is 5.11 Å². The van der Waals surface area contributed by atoms with Gasteiger partial charge >= 0.3 is 0 Å². The van der Waals surface area contributed by atoms with Crippen LogP contribution in [0.1, 0.15) is 45.9 Å². The van der Waals surface area contributed by atoms with E-state index in [4.69, 9.17) is 12.2 Å².